The van der Waals surface area contributed by atoms with E-state index in [4.69, 9.17) is 9.47 Å². The second-order valence-corrected chi connectivity index (χ2v) is 11.6. The molecule has 1 saturated heterocycles. The lowest BCUT2D eigenvalue weighted by molar-refractivity contribution is -0.143. The van der Waals surface area contributed by atoms with Crippen molar-refractivity contribution in [1.29, 1.82) is 0 Å². The lowest BCUT2D eigenvalue weighted by Crippen LogP contribution is -2.57. The third-order valence-electron chi connectivity index (χ3n) is 7.72. The fourth-order valence-corrected chi connectivity index (χ4v) is 5.74. The van der Waals surface area contributed by atoms with E-state index in [0.29, 0.717) is 37.6 Å². The summed E-state index contributed by atoms with van der Waals surface area (Å²) < 4.78 is 12.6. The molecule has 222 valence electrons. The zero-order valence-electron chi connectivity index (χ0n) is 25.5. The van der Waals surface area contributed by atoms with Crippen LogP contribution in [0.2, 0.25) is 0 Å². The number of unbranched alkanes of at least 4 members (excludes halogenated alkanes) is 1. The first-order chi connectivity index (χ1) is 19.8. The van der Waals surface area contributed by atoms with Gasteiger partial charge >= 0.3 is 5.97 Å². The molecule has 0 unspecified atom stereocenters. The van der Waals surface area contributed by atoms with Crippen molar-refractivity contribution in [3.8, 4) is 17.1 Å². The van der Waals surface area contributed by atoms with E-state index in [1.165, 1.54) is 11.3 Å². The minimum atomic E-state index is -0.159. The van der Waals surface area contributed by atoms with Crippen molar-refractivity contribution in [1.82, 2.24) is 25.1 Å². The van der Waals surface area contributed by atoms with Crippen molar-refractivity contribution in [3.63, 3.8) is 0 Å². The third kappa shape index (κ3) is 8.06. The second kappa shape index (κ2) is 14.4. The van der Waals surface area contributed by atoms with Gasteiger partial charge < -0.3 is 14.4 Å². The molecule has 9 heteroatoms. The Morgan fingerprint density at radius 1 is 1.07 bits per heavy atom. The smallest absolute Gasteiger partial charge is 0.305 e. The highest BCUT2D eigenvalue weighted by molar-refractivity contribution is 5.69. The highest BCUT2D eigenvalue weighted by Crippen LogP contribution is 2.31. The highest BCUT2D eigenvalue weighted by atomic mass is 16.5. The van der Waals surface area contributed by atoms with Crippen LogP contribution in [0.3, 0.4) is 0 Å². The van der Waals surface area contributed by atoms with Gasteiger partial charge in [0, 0.05) is 62.0 Å². The number of piperazine rings is 1. The maximum atomic E-state index is 11.7. The molecule has 0 N–H and O–H groups in total. The number of hydrogen-bond acceptors (Lipinski definition) is 8. The number of tetrazole rings is 1. The van der Waals surface area contributed by atoms with Gasteiger partial charge in [-0.05, 0) is 79.6 Å². The van der Waals surface area contributed by atoms with Crippen LogP contribution in [0.1, 0.15) is 65.0 Å². The van der Waals surface area contributed by atoms with Gasteiger partial charge in [0.1, 0.15) is 5.75 Å². The summed E-state index contributed by atoms with van der Waals surface area (Å²) in [6.07, 6.45) is 2.66. The van der Waals surface area contributed by atoms with Gasteiger partial charge in [-0.2, -0.15) is 0 Å². The van der Waals surface area contributed by atoms with E-state index >= 15 is 0 Å². The van der Waals surface area contributed by atoms with Crippen LogP contribution in [0, 0.1) is 5.92 Å². The molecule has 2 atom stereocenters. The van der Waals surface area contributed by atoms with E-state index in [-0.39, 0.29) is 5.97 Å². The van der Waals surface area contributed by atoms with Crippen molar-refractivity contribution in [3.05, 3.63) is 53.6 Å². The van der Waals surface area contributed by atoms with E-state index < -0.39 is 0 Å². The molecule has 4 rings (SSSR count). The number of rotatable bonds is 13. The molecule has 0 aliphatic carbocycles. The molecule has 2 aromatic carbocycles. The number of anilines is 1. The van der Waals surface area contributed by atoms with Gasteiger partial charge in [-0.15, -0.1) is 5.10 Å². The summed E-state index contributed by atoms with van der Waals surface area (Å²) in [5.41, 5.74) is 4.55. The fraction of sp³-hybridized carbons (Fsp3) is 0.562. The summed E-state index contributed by atoms with van der Waals surface area (Å²) >= 11 is 0. The molecule has 0 saturated carbocycles. The van der Waals surface area contributed by atoms with Crippen LogP contribution in [-0.2, 0) is 22.5 Å². The van der Waals surface area contributed by atoms with Gasteiger partial charge in [-0.25, -0.2) is 4.68 Å². The van der Waals surface area contributed by atoms with Crippen molar-refractivity contribution < 1.29 is 14.3 Å². The summed E-state index contributed by atoms with van der Waals surface area (Å²) in [6.45, 7) is 15.3. The zero-order chi connectivity index (χ0) is 29.4. The minimum Gasteiger partial charge on any atom is -0.497 e. The molecule has 41 heavy (non-hydrogen) atoms. The molecule has 0 radical (unpaired) electrons. The van der Waals surface area contributed by atoms with E-state index in [0.717, 1.165) is 61.6 Å². The summed E-state index contributed by atoms with van der Waals surface area (Å²) in [4.78, 5) is 16.8. The summed E-state index contributed by atoms with van der Waals surface area (Å²) in [5, 5.41) is 12.6. The Bertz CT molecular complexity index is 1280. The van der Waals surface area contributed by atoms with Gasteiger partial charge in [0.15, 0.2) is 5.82 Å². The lowest BCUT2D eigenvalue weighted by Gasteiger charge is -2.46. The number of aryl methyl sites for hydroxylation is 1. The fourth-order valence-electron chi connectivity index (χ4n) is 5.74. The van der Waals surface area contributed by atoms with Crippen LogP contribution < -0.4 is 9.64 Å². The molecule has 2 heterocycles. The van der Waals surface area contributed by atoms with Gasteiger partial charge in [-0.3, -0.25) is 9.69 Å². The number of hydrogen-bond donors (Lipinski definition) is 0. The normalized spacial score (nSPS) is 17.7. The van der Waals surface area contributed by atoms with Crippen molar-refractivity contribution in [2.24, 2.45) is 5.92 Å². The van der Waals surface area contributed by atoms with Crippen LogP contribution in [0.15, 0.2) is 42.5 Å². The number of carbonyl (C=O) groups excluding carboxylic acids is 1. The van der Waals surface area contributed by atoms with Gasteiger partial charge in [0.05, 0.1) is 13.7 Å². The monoisotopic (exact) mass is 562 g/mol. The highest BCUT2D eigenvalue weighted by Gasteiger charge is 2.30. The molecule has 1 fully saturated rings. The first kappa shape index (κ1) is 30.5. The van der Waals surface area contributed by atoms with E-state index in [9.17, 15) is 4.79 Å². The number of ether oxygens (including phenoxy) is 2. The number of nitrogens with zero attached hydrogens (tertiary/aromatic N) is 6. The lowest BCUT2D eigenvalue weighted by atomic mass is 9.97. The SMILES string of the molecule is CCOC(=O)CCCCn1nnnc1-c1ccccc1Cc1cc(OC)cc(N2C[C@@H](C)N(CC(C)C)C[C@@H]2C)c1. The van der Waals surface area contributed by atoms with Crippen LogP contribution >= 0.6 is 0 Å². The largest absolute Gasteiger partial charge is 0.497 e. The number of benzene rings is 2. The Kier molecular flexibility index (Phi) is 10.7. The summed E-state index contributed by atoms with van der Waals surface area (Å²) in [7, 11) is 1.74. The molecule has 9 nitrogen and oxygen atoms in total. The van der Waals surface area contributed by atoms with Crippen molar-refractivity contribution >= 4 is 11.7 Å². The van der Waals surface area contributed by atoms with Gasteiger partial charge in [0.25, 0.3) is 0 Å². The molecule has 1 aliphatic rings. The molecule has 0 amide bonds. The maximum Gasteiger partial charge on any atom is 0.305 e. The van der Waals surface area contributed by atoms with Crippen LogP contribution in [0.4, 0.5) is 5.69 Å². The number of carbonyl (C=O) groups is 1. The molecule has 3 aromatic rings. The molecule has 0 bridgehead atoms. The van der Waals surface area contributed by atoms with Crippen LogP contribution in [0.25, 0.3) is 11.4 Å². The number of aromatic nitrogens is 4. The molecule has 0 spiro atoms. The third-order valence-corrected chi connectivity index (χ3v) is 7.72. The Morgan fingerprint density at radius 3 is 2.63 bits per heavy atom. The van der Waals surface area contributed by atoms with Crippen molar-refractivity contribution in [2.75, 3.05) is 38.3 Å². The molecular weight excluding hydrogens is 516 g/mol. The topological polar surface area (TPSA) is 85.6 Å². The van der Waals surface area contributed by atoms with Gasteiger partial charge in [0.2, 0.25) is 0 Å². The van der Waals surface area contributed by atoms with E-state index in [2.05, 4.69) is 89.4 Å². The van der Waals surface area contributed by atoms with Crippen molar-refractivity contribution in [2.45, 2.75) is 78.9 Å². The Labute approximate surface area is 244 Å². The predicted octanol–water partition coefficient (Wildman–Crippen LogP) is 5.23. The Morgan fingerprint density at radius 2 is 1.88 bits per heavy atom. The number of esters is 1. The Hall–Kier alpha value is -3.46. The summed E-state index contributed by atoms with van der Waals surface area (Å²) in [5.74, 6) is 2.11. The Balaban J connectivity index is 1.52. The zero-order valence-corrected chi connectivity index (χ0v) is 25.5. The van der Waals surface area contributed by atoms with E-state index in [1.807, 2.05) is 17.7 Å². The standard InChI is InChI=1S/C32H46N6O3/c1-7-41-31(39)14-10-11-15-38-32(33-34-35-38)30-13-9-8-12-27(30)16-26-17-28(19-29(18-26)40-6)37-22-24(4)36(20-23(2)3)21-25(37)5/h8-9,12-13,17-19,23-25H,7,10-11,14-16,20-22H2,1-6H3/t24-,25+/m1/s1. The van der Waals surface area contributed by atoms with Gasteiger partial charge in [-0.1, -0.05) is 38.1 Å². The first-order valence-corrected chi connectivity index (χ1v) is 15.0. The average molecular weight is 563 g/mol. The first-order valence-electron chi connectivity index (χ1n) is 15.0. The molecular formula is C32H46N6O3. The average Bonchev–Trinajstić information content (AvgIpc) is 3.41. The quantitative estimate of drug-likeness (QED) is 0.207. The van der Waals surface area contributed by atoms with Crippen LogP contribution in [0.5, 0.6) is 5.75 Å². The minimum absolute atomic E-state index is 0.159. The predicted molar refractivity (Wildman–Crippen MR) is 162 cm³/mol. The second-order valence-electron chi connectivity index (χ2n) is 11.6. The van der Waals surface area contributed by atoms with Crippen LogP contribution in [-0.4, -0.2) is 76.5 Å². The summed E-state index contributed by atoms with van der Waals surface area (Å²) in [6, 6.07) is 15.8. The van der Waals surface area contributed by atoms with E-state index in [1.54, 1.807) is 7.11 Å². The molecule has 1 aliphatic heterocycles. The maximum absolute atomic E-state index is 11.7. The number of methoxy groups -OCH3 is 1. The molecule has 1 aromatic heterocycles.